The van der Waals surface area contributed by atoms with Crippen LogP contribution >= 0.6 is 11.8 Å². The van der Waals surface area contributed by atoms with Crippen molar-refractivity contribution in [1.82, 2.24) is 0 Å². The second kappa shape index (κ2) is 5.79. The van der Waals surface area contributed by atoms with Gasteiger partial charge >= 0.3 is 5.97 Å². The van der Waals surface area contributed by atoms with Gasteiger partial charge in [0.2, 0.25) is 0 Å². The number of aliphatic hydroxyl groups is 1. The van der Waals surface area contributed by atoms with Gasteiger partial charge in [0.15, 0.2) is 22.0 Å². The van der Waals surface area contributed by atoms with Crippen molar-refractivity contribution in [2.75, 3.05) is 6.26 Å². The zero-order valence-electron chi connectivity index (χ0n) is 16.2. The molecular weight excluding hydrogens is 383 g/mol. The number of allylic oxidation sites excluding steroid dienone is 4. The van der Waals surface area contributed by atoms with Gasteiger partial charge in [-0.15, -0.1) is 11.8 Å². The quantitative estimate of drug-likeness (QED) is 0.683. The summed E-state index contributed by atoms with van der Waals surface area (Å²) in [6.07, 6.45) is 5.31. The first-order valence-corrected chi connectivity index (χ1v) is 10.8. The maximum Gasteiger partial charge on any atom is 0.328 e. The fourth-order valence-electron chi connectivity index (χ4n) is 6.80. The molecule has 28 heavy (non-hydrogen) atoms. The van der Waals surface area contributed by atoms with E-state index in [1.54, 1.807) is 26.2 Å². The summed E-state index contributed by atoms with van der Waals surface area (Å²) in [6, 6.07) is 0. The van der Waals surface area contributed by atoms with E-state index >= 15 is 4.39 Å². The standard InChI is InChI=1S/C21H25FO5S/c1-18-7-6-12(23)8-11(18)4-5-13-14-9-15(24)21(28-3,17(26)27)19(14,2)10-16(25)20(13,18)22/h6-8,13-14,16,25H,4-5,9-10H2,1-3H3,(H,26,27)/t13-,14-,16-,18-,19-,20?,21+/m0/s1. The molecule has 0 spiro atoms. The first-order valence-electron chi connectivity index (χ1n) is 9.62. The molecule has 3 fully saturated rings. The van der Waals surface area contributed by atoms with Gasteiger partial charge in [-0.05, 0) is 50.5 Å². The number of hydrogen-bond donors (Lipinski definition) is 2. The second-order valence-electron chi connectivity index (χ2n) is 9.08. The lowest BCUT2D eigenvalue weighted by molar-refractivity contribution is -0.195. The molecule has 0 bridgehead atoms. The van der Waals surface area contributed by atoms with Crippen molar-refractivity contribution in [2.45, 2.75) is 56.1 Å². The Morgan fingerprint density at radius 1 is 1.29 bits per heavy atom. The molecule has 0 aromatic rings. The molecule has 7 atom stereocenters. The summed E-state index contributed by atoms with van der Waals surface area (Å²) < 4.78 is 15.2. The van der Waals surface area contributed by atoms with Gasteiger partial charge in [0.1, 0.15) is 0 Å². The third-order valence-electron chi connectivity index (χ3n) is 8.24. The van der Waals surface area contributed by atoms with Gasteiger partial charge in [-0.3, -0.25) is 14.4 Å². The normalized spacial score (nSPS) is 49.9. The van der Waals surface area contributed by atoms with Crippen molar-refractivity contribution < 1.29 is 29.0 Å². The fraction of sp³-hybridized carbons (Fsp3) is 0.667. The van der Waals surface area contributed by atoms with Gasteiger partial charge in [-0.1, -0.05) is 18.6 Å². The van der Waals surface area contributed by atoms with Crippen molar-refractivity contribution in [3.8, 4) is 0 Å². The maximum atomic E-state index is 16.8. The highest BCUT2D eigenvalue weighted by Gasteiger charge is 2.77. The van der Waals surface area contributed by atoms with Crippen LogP contribution in [0.5, 0.6) is 0 Å². The summed E-state index contributed by atoms with van der Waals surface area (Å²) in [4.78, 5) is 37.0. The molecular formula is C21H25FO5S. The lowest BCUT2D eigenvalue weighted by Gasteiger charge is -2.62. The molecule has 0 aromatic heterocycles. The number of thioether (sulfide) groups is 1. The number of hydrogen-bond acceptors (Lipinski definition) is 5. The highest BCUT2D eigenvalue weighted by atomic mass is 32.2. The summed E-state index contributed by atoms with van der Waals surface area (Å²) >= 11 is 0.990. The molecule has 4 aliphatic rings. The average molecular weight is 408 g/mol. The number of alkyl halides is 1. The number of carboxylic acids is 1. The van der Waals surface area contributed by atoms with Gasteiger partial charge in [0.25, 0.3) is 0 Å². The SMILES string of the molecule is CS[C@@]1(C(=O)O)C(=O)C[C@H]2[C@@H]3CCC4=CC(=O)C=C[C@]4(C)C3(F)[C@@H](O)C[C@@]21C. The number of aliphatic hydroxyl groups excluding tert-OH is 1. The summed E-state index contributed by atoms with van der Waals surface area (Å²) in [7, 11) is 0. The highest BCUT2D eigenvalue weighted by molar-refractivity contribution is 8.01. The first kappa shape index (κ1) is 19.8. The lowest BCUT2D eigenvalue weighted by atomic mass is 9.45. The molecule has 0 aliphatic heterocycles. The number of ketones is 2. The number of carbonyl (C=O) groups is 3. The minimum absolute atomic E-state index is 0.00443. The molecule has 4 aliphatic carbocycles. The van der Waals surface area contributed by atoms with Crippen LogP contribution < -0.4 is 0 Å². The summed E-state index contributed by atoms with van der Waals surface area (Å²) in [5.41, 5.74) is -3.56. The van der Waals surface area contributed by atoms with E-state index in [0.29, 0.717) is 18.4 Å². The summed E-state index contributed by atoms with van der Waals surface area (Å²) in [5, 5.41) is 21.1. The van der Waals surface area contributed by atoms with Crippen molar-refractivity contribution in [3.63, 3.8) is 0 Å². The Kier molecular flexibility index (Phi) is 4.10. The Morgan fingerprint density at radius 2 is 1.96 bits per heavy atom. The van der Waals surface area contributed by atoms with Crippen LogP contribution in [0.4, 0.5) is 4.39 Å². The van der Waals surface area contributed by atoms with Crippen LogP contribution in [0.3, 0.4) is 0 Å². The van der Waals surface area contributed by atoms with E-state index in [1.807, 2.05) is 0 Å². The fourth-order valence-corrected chi connectivity index (χ4v) is 7.99. The maximum absolute atomic E-state index is 16.8. The molecule has 5 nitrogen and oxygen atoms in total. The highest BCUT2D eigenvalue weighted by Crippen LogP contribution is 2.70. The van der Waals surface area contributed by atoms with Crippen LogP contribution in [0.15, 0.2) is 23.8 Å². The summed E-state index contributed by atoms with van der Waals surface area (Å²) in [6.45, 7) is 3.43. The average Bonchev–Trinajstić information content (AvgIpc) is 2.84. The van der Waals surface area contributed by atoms with Crippen LogP contribution in [-0.2, 0) is 14.4 Å². The molecule has 4 rings (SSSR count). The van der Waals surface area contributed by atoms with Crippen LogP contribution in [0, 0.1) is 22.7 Å². The van der Waals surface area contributed by atoms with Gasteiger partial charge in [-0.25, -0.2) is 4.39 Å². The van der Waals surface area contributed by atoms with Crippen molar-refractivity contribution in [2.24, 2.45) is 22.7 Å². The van der Waals surface area contributed by atoms with Gasteiger partial charge in [0.05, 0.1) is 6.10 Å². The number of Topliss-reactive ketones (excluding diaryl/α,β-unsaturated/α-hetero) is 1. The van der Waals surface area contributed by atoms with Crippen LogP contribution in [-0.4, -0.2) is 50.5 Å². The van der Waals surface area contributed by atoms with Crippen molar-refractivity contribution in [3.05, 3.63) is 23.8 Å². The van der Waals surface area contributed by atoms with E-state index in [0.717, 1.165) is 11.8 Å². The van der Waals surface area contributed by atoms with Gasteiger partial charge in [0, 0.05) is 23.2 Å². The molecule has 0 radical (unpaired) electrons. The molecule has 2 N–H and O–H groups in total. The Hall–Kier alpha value is -1.47. The second-order valence-corrected chi connectivity index (χ2v) is 10.1. The predicted octanol–water partition coefficient (Wildman–Crippen LogP) is 2.72. The Balaban J connectivity index is 1.87. The number of aliphatic carboxylic acids is 1. The van der Waals surface area contributed by atoms with Gasteiger partial charge < -0.3 is 10.2 Å². The largest absolute Gasteiger partial charge is 0.480 e. The third-order valence-corrected chi connectivity index (χ3v) is 9.72. The lowest BCUT2D eigenvalue weighted by Crippen LogP contribution is -2.68. The van der Waals surface area contributed by atoms with Crippen LogP contribution in [0.25, 0.3) is 0 Å². The molecule has 0 aromatic carbocycles. The van der Waals surface area contributed by atoms with E-state index in [-0.39, 0.29) is 18.6 Å². The van der Waals surface area contributed by atoms with E-state index in [1.165, 1.54) is 12.2 Å². The topological polar surface area (TPSA) is 91.7 Å². The third kappa shape index (κ3) is 1.95. The Morgan fingerprint density at radius 3 is 2.57 bits per heavy atom. The smallest absolute Gasteiger partial charge is 0.328 e. The number of carboxylic acid groups (broad SMARTS) is 1. The molecule has 0 saturated heterocycles. The zero-order valence-corrected chi connectivity index (χ0v) is 17.0. The minimum atomic E-state index is -2.05. The van der Waals surface area contributed by atoms with Crippen LogP contribution in [0.1, 0.15) is 39.5 Å². The molecule has 1 unspecified atom stereocenters. The minimum Gasteiger partial charge on any atom is -0.480 e. The van der Waals surface area contributed by atoms with E-state index in [9.17, 15) is 24.6 Å². The Bertz CT molecular complexity index is 852. The predicted molar refractivity (Wildman–Crippen MR) is 103 cm³/mol. The number of halogens is 1. The zero-order chi connectivity index (χ0) is 20.7. The van der Waals surface area contributed by atoms with Crippen molar-refractivity contribution in [1.29, 1.82) is 0 Å². The monoisotopic (exact) mass is 408 g/mol. The first-order chi connectivity index (χ1) is 13.0. The van der Waals surface area contributed by atoms with Crippen molar-refractivity contribution >= 4 is 29.3 Å². The molecule has 7 heteroatoms. The molecule has 0 heterocycles. The van der Waals surface area contributed by atoms with Crippen LogP contribution in [0.2, 0.25) is 0 Å². The number of carbonyl (C=O) groups excluding carboxylic acids is 2. The summed E-state index contributed by atoms with van der Waals surface area (Å²) in [5.74, 6) is -2.91. The van der Waals surface area contributed by atoms with E-state index in [2.05, 4.69) is 0 Å². The Labute approximate surface area is 167 Å². The van der Waals surface area contributed by atoms with Gasteiger partial charge in [-0.2, -0.15) is 0 Å². The van der Waals surface area contributed by atoms with E-state index < -0.39 is 50.9 Å². The molecule has 152 valence electrons. The van der Waals surface area contributed by atoms with E-state index in [4.69, 9.17) is 0 Å². The molecule has 3 saturated carbocycles. The number of fused-ring (bicyclic) bond motifs is 5. The number of rotatable bonds is 2. The molecule has 0 amide bonds.